The van der Waals surface area contributed by atoms with Crippen LogP contribution in [0.15, 0.2) is 39.9 Å². The Morgan fingerprint density at radius 2 is 1.52 bits per heavy atom. The molecule has 8 nitrogen and oxygen atoms in total. The number of methoxy groups -OCH3 is 2. The maximum absolute atomic E-state index is 13.6. The first-order valence-corrected chi connectivity index (χ1v) is 10.8. The molecule has 2 aromatic heterocycles. The number of aryl methyl sites for hydroxylation is 1. The number of rotatable bonds is 7. The highest BCUT2D eigenvalue weighted by Gasteiger charge is 2.32. The van der Waals surface area contributed by atoms with Gasteiger partial charge in [-0.3, -0.25) is 9.59 Å². The Morgan fingerprint density at radius 1 is 0.879 bits per heavy atom. The summed E-state index contributed by atoms with van der Waals surface area (Å²) in [7, 11) is 3.03. The molecule has 33 heavy (non-hydrogen) atoms. The van der Waals surface area contributed by atoms with Crippen LogP contribution in [0.4, 0.5) is 0 Å². The van der Waals surface area contributed by atoms with Crippen molar-refractivity contribution in [1.29, 1.82) is 0 Å². The third-order valence-corrected chi connectivity index (χ3v) is 6.08. The highest BCUT2D eigenvalue weighted by atomic mass is 16.5. The Labute approximate surface area is 192 Å². The van der Waals surface area contributed by atoms with Gasteiger partial charge in [0.1, 0.15) is 23.0 Å². The molecule has 0 aliphatic rings. The first-order valence-electron chi connectivity index (χ1n) is 10.8. The molecule has 2 heterocycles. The van der Waals surface area contributed by atoms with Crippen LogP contribution >= 0.6 is 0 Å². The summed E-state index contributed by atoms with van der Waals surface area (Å²) in [6, 6.07) is 7.80. The number of ether oxygens (including phenoxy) is 2. The minimum Gasteiger partial charge on any atom is -0.507 e. The van der Waals surface area contributed by atoms with E-state index in [1.165, 1.54) is 24.9 Å². The van der Waals surface area contributed by atoms with E-state index in [1.54, 1.807) is 36.6 Å². The van der Waals surface area contributed by atoms with Crippen LogP contribution in [0.3, 0.4) is 0 Å². The third-order valence-electron chi connectivity index (χ3n) is 6.08. The zero-order valence-corrected chi connectivity index (χ0v) is 19.8. The molecule has 0 aliphatic carbocycles. The predicted octanol–water partition coefficient (Wildman–Crippen LogP) is 3.28. The van der Waals surface area contributed by atoms with E-state index in [2.05, 4.69) is 0 Å². The van der Waals surface area contributed by atoms with Crippen LogP contribution in [0.2, 0.25) is 0 Å². The van der Waals surface area contributed by atoms with Crippen molar-refractivity contribution in [3.63, 3.8) is 0 Å². The van der Waals surface area contributed by atoms with Crippen LogP contribution in [-0.2, 0) is 13.1 Å². The standard InChI is InChI=1S/C25H30N2O6/c1-7-26-14(3)11-18(28)24(25(26)31)23(17-10-9-16(32-5)12-20(17)33-6)22-15(4)27(8-2)21(30)13-19(22)29/h9-13,23,28-29H,7-8H2,1-6H3. The molecule has 2 N–H and O–H groups in total. The Hall–Kier alpha value is -3.68. The van der Waals surface area contributed by atoms with E-state index in [0.29, 0.717) is 47.1 Å². The lowest BCUT2D eigenvalue weighted by molar-refractivity contribution is 0.389. The predicted molar refractivity (Wildman–Crippen MR) is 126 cm³/mol. The van der Waals surface area contributed by atoms with Gasteiger partial charge in [0.15, 0.2) is 0 Å². The average molecular weight is 455 g/mol. The second-order valence-electron chi connectivity index (χ2n) is 7.79. The molecule has 176 valence electrons. The number of aromatic nitrogens is 2. The normalized spacial score (nSPS) is 11.9. The molecule has 3 rings (SSSR count). The number of aromatic hydroxyl groups is 2. The minimum absolute atomic E-state index is 0.0885. The Morgan fingerprint density at radius 3 is 2.09 bits per heavy atom. The average Bonchev–Trinajstić information content (AvgIpc) is 2.77. The van der Waals surface area contributed by atoms with Crippen molar-refractivity contribution < 1.29 is 19.7 Å². The molecule has 1 unspecified atom stereocenters. The van der Waals surface area contributed by atoms with E-state index in [0.717, 1.165) is 6.07 Å². The molecule has 3 aromatic rings. The van der Waals surface area contributed by atoms with Crippen LogP contribution < -0.4 is 20.6 Å². The number of nitrogens with zero attached hydrogens (tertiary/aromatic N) is 2. The molecule has 8 heteroatoms. The van der Waals surface area contributed by atoms with Crippen LogP contribution in [0.25, 0.3) is 0 Å². The highest BCUT2D eigenvalue weighted by Crippen LogP contribution is 2.44. The molecule has 0 radical (unpaired) electrons. The fraction of sp³-hybridized carbons (Fsp3) is 0.360. The topological polar surface area (TPSA) is 103 Å². The molecule has 0 bridgehead atoms. The Bertz CT molecular complexity index is 1310. The summed E-state index contributed by atoms with van der Waals surface area (Å²) < 4.78 is 14.0. The number of hydrogen-bond donors (Lipinski definition) is 2. The van der Waals surface area contributed by atoms with Gasteiger partial charge in [0.25, 0.3) is 11.1 Å². The van der Waals surface area contributed by atoms with E-state index in [-0.39, 0.29) is 28.2 Å². The van der Waals surface area contributed by atoms with Gasteiger partial charge >= 0.3 is 0 Å². The Balaban J connectivity index is 2.52. The maximum atomic E-state index is 13.6. The van der Waals surface area contributed by atoms with Gasteiger partial charge in [-0.25, -0.2) is 0 Å². The van der Waals surface area contributed by atoms with Crippen molar-refractivity contribution in [2.75, 3.05) is 14.2 Å². The van der Waals surface area contributed by atoms with Gasteiger partial charge in [0.2, 0.25) is 0 Å². The van der Waals surface area contributed by atoms with Gasteiger partial charge in [-0.05, 0) is 39.8 Å². The smallest absolute Gasteiger partial charge is 0.258 e. The van der Waals surface area contributed by atoms with E-state index >= 15 is 0 Å². The van der Waals surface area contributed by atoms with Crippen LogP contribution in [0.5, 0.6) is 23.0 Å². The summed E-state index contributed by atoms with van der Waals surface area (Å²) in [4.78, 5) is 26.1. The molecule has 0 fully saturated rings. The van der Waals surface area contributed by atoms with Crippen molar-refractivity contribution in [1.82, 2.24) is 9.13 Å². The van der Waals surface area contributed by atoms with E-state index in [4.69, 9.17) is 9.47 Å². The number of pyridine rings is 2. The lowest BCUT2D eigenvalue weighted by atomic mass is 9.83. The van der Waals surface area contributed by atoms with Crippen molar-refractivity contribution in [2.45, 2.75) is 46.7 Å². The van der Waals surface area contributed by atoms with Crippen molar-refractivity contribution >= 4 is 0 Å². The first-order chi connectivity index (χ1) is 15.7. The zero-order valence-electron chi connectivity index (χ0n) is 19.8. The molecule has 0 saturated heterocycles. The molecule has 1 aromatic carbocycles. The van der Waals surface area contributed by atoms with Crippen molar-refractivity contribution in [3.8, 4) is 23.0 Å². The summed E-state index contributed by atoms with van der Waals surface area (Å²) in [5.74, 6) is -0.400. The fourth-order valence-electron chi connectivity index (χ4n) is 4.46. The SMILES string of the molecule is CCn1c(C)c(C(c2ccc(OC)cc2OC)c2c(O)cc(C)n(CC)c2=O)c(O)cc1=O. The molecule has 0 aliphatic heterocycles. The summed E-state index contributed by atoms with van der Waals surface area (Å²) >= 11 is 0. The summed E-state index contributed by atoms with van der Waals surface area (Å²) in [6.07, 6.45) is 0. The fourth-order valence-corrected chi connectivity index (χ4v) is 4.46. The zero-order chi connectivity index (χ0) is 24.4. The lowest BCUT2D eigenvalue weighted by Crippen LogP contribution is -2.29. The van der Waals surface area contributed by atoms with Gasteiger partial charge < -0.3 is 28.8 Å². The quantitative estimate of drug-likeness (QED) is 0.568. The summed E-state index contributed by atoms with van der Waals surface area (Å²) in [5, 5.41) is 21.9. The summed E-state index contributed by atoms with van der Waals surface area (Å²) in [5.41, 5.74) is 1.35. The Kier molecular flexibility index (Phi) is 6.86. The molecular weight excluding hydrogens is 424 g/mol. The van der Waals surface area contributed by atoms with Gasteiger partial charge in [-0.2, -0.15) is 0 Å². The minimum atomic E-state index is -0.907. The van der Waals surface area contributed by atoms with Crippen LogP contribution in [0.1, 0.15) is 47.8 Å². The second-order valence-corrected chi connectivity index (χ2v) is 7.79. The van der Waals surface area contributed by atoms with Crippen LogP contribution in [0, 0.1) is 13.8 Å². The number of hydrogen-bond acceptors (Lipinski definition) is 6. The molecule has 0 spiro atoms. The summed E-state index contributed by atoms with van der Waals surface area (Å²) in [6.45, 7) is 7.92. The van der Waals surface area contributed by atoms with Crippen molar-refractivity contribution in [3.05, 3.63) is 79.1 Å². The maximum Gasteiger partial charge on any atom is 0.258 e. The van der Waals surface area contributed by atoms with E-state index < -0.39 is 5.92 Å². The van der Waals surface area contributed by atoms with Crippen molar-refractivity contribution in [2.24, 2.45) is 0 Å². The molecule has 1 atom stereocenters. The van der Waals surface area contributed by atoms with E-state index in [9.17, 15) is 19.8 Å². The van der Waals surface area contributed by atoms with Crippen LogP contribution in [-0.4, -0.2) is 33.6 Å². The molecule has 0 saturated carbocycles. The second kappa shape index (κ2) is 9.44. The largest absolute Gasteiger partial charge is 0.507 e. The third kappa shape index (κ3) is 4.08. The van der Waals surface area contributed by atoms with Gasteiger partial charge in [0.05, 0.1) is 25.7 Å². The van der Waals surface area contributed by atoms with Gasteiger partial charge in [0, 0.05) is 47.7 Å². The number of benzene rings is 1. The van der Waals surface area contributed by atoms with Gasteiger partial charge in [-0.15, -0.1) is 0 Å². The monoisotopic (exact) mass is 454 g/mol. The van der Waals surface area contributed by atoms with E-state index in [1.807, 2.05) is 13.8 Å². The molecular formula is C25H30N2O6. The first kappa shape index (κ1) is 24.0. The highest BCUT2D eigenvalue weighted by molar-refractivity contribution is 5.58. The molecule has 0 amide bonds. The van der Waals surface area contributed by atoms with Gasteiger partial charge in [-0.1, -0.05) is 6.07 Å². The lowest BCUT2D eigenvalue weighted by Gasteiger charge is -2.26.